The van der Waals surface area contributed by atoms with Gasteiger partial charge in [0.2, 0.25) is 0 Å². The minimum atomic E-state index is -3.65. The van der Waals surface area contributed by atoms with Crippen molar-refractivity contribution in [3.05, 3.63) is 35.9 Å². The molecule has 1 aliphatic rings. The molecule has 1 aromatic rings. The Kier molecular flexibility index (Phi) is 4.07. The molecule has 1 heterocycles. The van der Waals surface area contributed by atoms with Gasteiger partial charge in [-0.25, -0.2) is 4.57 Å². The number of phosphoric ester groups is 1. The molecular formula is C13H16NO4P. The number of hydrogen-bond acceptors (Lipinski definition) is 5. The summed E-state index contributed by atoms with van der Waals surface area (Å²) in [6.45, 7) is 4.43. The summed E-state index contributed by atoms with van der Waals surface area (Å²) >= 11 is 0. The zero-order chi connectivity index (χ0) is 13.9. The average molecular weight is 281 g/mol. The molecule has 19 heavy (non-hydrogen) atoms. The van der Waals surface area contributed by atoms with Crippen LogP contribution in [0.2, 0.25) is 0 Å². The van der Waals surface area contributed by atoms with Crippen LogP contribution in [0.3, 0.4) is 0 Å². The van der Waals surface area contributed by atoms with Gasteiger partial charge in [0.25, 0.3) is 0 Å². The maximum atomic E-state index is 12.2. The molecule has 1 saturated heterocycles. The van der Waals surface area contributed by atoms with E-state index in [2.05, 4.69) is 0 Å². The number of rotatable bonds is 3. The lowest BCUT2D eigenvalue weighted by atomic mass is 9.97. The molecule has 0 N–H and O–H groups in total. The molecule has 6 heteroatoms. The van der Waals surface area contributed by atoms with Gasteiger partial charge in [-0.1, -0.05) is 44.2 Å². The maximum absolute atomic E-state index is 12.2. The van der Waals surface area contributed by atoms with E-state index < -0.39 is 13.9 Å². The van der Waals surface area contributed by atoms with Crippen molar-refractivity contribution in [2.75, 3.05) is 13.2 Å². The van der Waals surface area contributed by atoms with E-state index in [1.54, 1.807) is 24.3 Å². The van der Waals surface area contributed by atoms with Crippen LogP contribution >= 0.6 is 7.82 Å². The Hall–Kier alpha value is -1.18. The van der Waals surface area contributed by atoms with Crippen LogP contribution in [0.15, 0.2) is 30.3 Å². The maximum Gasteiger partial charge on any atom is 0.476 e. The smallest absolute Gasteiger partial charge is 0.286 e. The van der Waals surface area contributed by atoms with Crippen LogP contribution in [0, 0.1) is 16.7 Å². The largest absolute Gasteiger partial charge is 0.476 e. The molecule has 0 aromatic heterocycles. The number of phosphoric acid groups is 1. The average Bonchev–Trinajstić information content (AvgIpc) is 2.41. The Bertz CT molecular complexity index is 509. The quantitative estimate of drug-likeness (QED) is 0.794. The van der Waals surface area contributed by atoms with Gasteiger partial charge in [-0.05, 0) is 5.56 Å². The molecule has 1 unspecified atom stereocenters. The molecule has 0 aliphatic carbocycles. The van der Waals surface area contributed by atoms with Crippen LogP contribution in [0.4, 0.5) is 0 Å². The van der Waals surface area contributed by atoms with E-state index in [1.165, 1.54) is 0 Å². The van der Waals surface area contributed by atoms with Crippen molar-refractivity contribution in [2.45, 2.75) is 20.0 Å². The Morgan fingerprint density at radius 2 is 1.89 bits per heavy atom. The summed E-state index contributed by atoms with van der Waals surface area (Å²) in [7, 11) is -3.65. The second-order valence-electron chi connectivity index (χ2n) is 5.18. The van der Waals surface area contributed by atoms with Gasteiger partial charge in [0, 0.05) is 5.41 Å². The molecule has 1 aliphatic heterocycles. The molecule has 0 radical (unpaired) electrons. The first-order chi connectivity index (χ1) is 8.94. The van der Waals surface area contributed by atoms with Gasteiger partial charge in [-0.15, -0.1) is 0 Å². The van der Waals surface area contributed by atoms with Crippen molar-refractivity contribution in [3.8, 4) is 6.07 Å². The third-order valence-electron chi connectivity index (χ3n) is 2.68. The van der Waals surface area contributed by atoms with Crippen molar-refractivity contribution in [2.24, 2.45) is 5.41 Å². The molecular weight excluding hydrogens is 265 g/mol. The van der Waals surface area contributed by atoms with Crippen molar-refractivity contribution < 1.29 is 18.1 Å². The van der Waals surface area contributed by atoms with E-state index >= 15 is 0 Å². The molecule has 1 aromatic carbocycles. The van der Waals surface area contributed by atoms with E-state index in [9.17, 15) is 4.57 Å². The van der Waals surface area contributed by atoms with Gasteiger partial charge >= 0.3 is 7.82 Å². The van der Waals surface area contributed by atoms with Crippen molar-refractivity contribution in [1.29, 1.82) is 5.26 Å². The second kappa shape index (κ2) is 5.44. The minimum Gasteiger partial charge on any atom is -0.286 e. The van der Waals surface area contributed by atoms with Crippen LogP contribution < -0.4 is 0 Å². The van der Waals surface area contributed by atoms with E-state index in [0.717, 1.165) is 0 Å². The number of benzene rings is 1. The Morgan fingerprint density at radius 1 is 1.32 bits per heavy atom. The lowest BCUT2D eigenvalue weighted by Crippen LogP contribution is -2.30. The number of nitrogens with zero attached hydrogens (tertiary/aromatic N) is 1. The third kappa shape index (κ3) is 3.65. The fourth-order valence-electron chi connectivity index (χ4n) is 1.56. The van der Waals surface area contributed by atoms with Gasteiger partial charge in [-0.2, -0.15) is 5.26 Å². The highest BCUT2D eigenvalue weighted by atomic mass is 31.2. The van der Waals surface area contributed by atoms with Crippen molar-refractivity contribution >= 4 is 7.82 Å². The monoisotopic (exact) mass is 281 g/mol. The first-order valence-corrected chi connectivity index (χ1v) is 7.42. The number of nitriles is 1. The fourth-order valence-corrected chi connectivity index (χ4v) is 3.20. The lowest BCUT2D eigenvalue weighted by molar-refractivity contribution is -0.00537. The van der Waals surface area contributed by atoms with E-state index in [1.807, 2.05) is 26.0 Å². The predicted octanol–water partition coefficient (Wildman–Crippen LogP) is 3.45. The fraction of sp³-hybridized carbons (Fsp3) is 0.462. The summed E-state index contributed by atoms with van der Waals surface area (Å²) in [5, 5.41) is 9.12. The summed E-state index contributed by atoms with van der Waals surface area (Å²) in [4.78, 5) is 0. The highest BCUT2D eigenvalue weighted by Gasteiger charge is 2.40. The highest BCUT2D eigenvalue weighted by molar-refractivity contribution is 7.48. The van der Waals surface area contributed by atoms with Gasteiger partial charge in [0.1, 0.15) is 0 Å². The molecule has 2 rings (SSSR count). The molecule has 0 saturated carbocycles. The van der Waals surface area contributed by atoms with Crippen LogP contribution in [0.5, 0.6) is 0 Å². The number of hydrogen-bond donors (Lipinski definition) is 0. The molecule has 0 bridgehead atoms. The van der Waals surface area contributed by atoms with E-state index in [-0.39, 0.29) is 18.6 Å². The summed E-state index contributed by atoms with van der Waals surface area (Å²) in [6.07, 6.45) is -0.965. The Balaban J connectivity index is 2.08. The third-order valence-corrected chi connectivity index (χ3v) is 4.04. The van der Waals surface area contributed by atoms with Crippen molar-refractivity contribution in [3.63, 3.8) is 0 Å². The second-order valence-corrected chi connectivity index (χ2v) is 6.81. The summed E-state index contributed by atoms with van der Waals surface area (Å²) in [5.41, 5.74) is 0.420. The Labute approximate surface area is 112 Å². The lowest BCUT2D eigenvalue weighted by Gasteiger charge is -2.33. The SMILES string of the molecule is CC1(C)COP(=O)(OC(C#N)c2ccccc2)OC1. The van der Waals surface area contributed by atoms with E-state index in [4.69, 9.17) is 18.8 Å². The summed E-state index contributed by atoms with van der Waals surface area (Å²) in [6, 6.07) is 10.8. The predicted molar refractivity (Wildman–Crippen MR) is 69.2 cm³/mol. The van der Waals surface area contributed by atoms with Crippen LogP contribution in [-0.2, 0) is 18.1 Å². The van der Waals surface area contributed by atoms with Crippen molar-refractivity contribution in [1.82, 2.24) is 0 Å². The molecule has 5 nitrogen and oxygen atoms in total. The Morgan fingerprint density at radius 3 is 2.42 bits per heavy atom. The molecule has 0 spiro atoms. The van der Waals surface area contributed by atoms with Crippen LogP contribution in [0.25, 0.3) is 0 Å². The standard InChI is InChI=1S/C13H16NO4P/c1-13(2)9-16-19(15,17-10-13)18-12(8-14)11-6-4-3-5-7-11/h3-7,12H,9-10H2,1-2H3. The van der Waals surface area contributed by atoms with Gasteiger partial charge in [-0.3, -0.25) is 13.6 Å². The zero-order valence-electron chi connectivity index (χ0n) is 10.9. The van der Waals surface area contributed by atoms with Crippen LogP contribution in [0.1, 0.15) is 25.5 Å². The molecule has 1 fully saturated rings. The first kappa shape index (κ1) is 14.2. The molecule has 0 amide bonds. The zero-order valence-corrected chi connectivity index (χ0v) is 11.8. The van der Waals surface area contributed by atoms with Gasteiger partial charge in [0.15, 0.2) is 6.10 Å². The summed E-state index contributed by atoms with van der Waals surface area (Å²) < 4.78 is 27.9. The minimum absolute atomic E-state index is 0.202. The topological polar surface area (TPSA) is 68.5 Å². The normalized spacial score (nSPS) is 22.4. The van der Waals surface area contributed by atoms with Gasteiger partial charge in [0.05, 0.1) is 19.3 Å². The van der Waals surface area contributed by atoms with E-state index in [0.29, 0.717) is 5.56 Å². The molecule has 1 atom stereocenters. The van der Waals surface area contributed by atoms with Gasteiger partial charge < -0.3 is 0 Å². The highest BCUT2D eigenvalue weighted by Crippen LogP contribution is 2.57. The van der Waals surface area contributed by atoms with Crippen LogP contribution in [-0.4, -0.2) is 13.2 Å². The first-order valence-electron chi connectivity index (χ1n) is 5.96. The molecule has 102 valence electrons. The summed E-state index contributed by atoms with van der Waals surface area (Å²) in [5.74, 6) is 0.